The Bertz CT molecular complexity index is 817. The summed E-state index contributed by atoms with van der Waals surface area (Å²) in [6.45, 7) is 8.60. The molecule has 0 saturated carbocycles. The SMILES string of the molecule is CCCCN(CCCC)C(=O)NCCN1CC[C@@H](NC(=O)c2cc(Cl)c(N)cc2OC)[C@@H](OC)C1. The molecule has 1 fully saturated rings. The molecule has 35 heavy (non-hydrogen) atoms. The third kappa shape index (κ3) is 8.74. The topological polar surface area (TPSA) is 109 Å². The molecule has 1 saturated heterocycles. The summed E-state index contributed by atoms with van der Waals surface area (Å²) in [5.41, 5.74) is 6.52. The van der Waals surface area contributed by atoms with Crippen LogP contribution in [-0.4, -0.2) is 87.4 Å². The van der Waals surface area contributed by atoms with Gasteiger partial charge in [-0.1, -0.05) is 38.3 Å². The number of piperidine rings is 1. The molecule has 2 atom stereocenters. The number of rotatable bonds is 13. The third-order valence-corrected chi connectivity index (χ3v) is 6.71. The lowest BCUT2D eigenvalue weighted by Crippen LogP contribution is -2.56. The summed E-state index contributed by atoms with van der Waals surface area (Å²) in [6.07, 6.45) is 4.71. The first-order chi connectivity index (χ1) is 16.8. The number of carbonyl (C=O) groups is 2. The zero-order chi connectivity index (χ0) is 25.8. The van der Waals surface area contributed by atoms with Gasteiger partial charge in [-0.3, -0.25) is 9.69 Å². The lowest BCUT2D eigenvalue weighted by Gasteiger charge is -2.38. The van der Waals surface area contributed by atoms with Crippen molar-refractivity contribution in [2.24, 2.45) is 0 Å². The highest BCUT2D eigenvalue weighted by Gasteiger charge is 2.31. The van der Waals surface area contributed by atoms with E-state index in [4.69, 9.17) is 26.8 Å². The Balaban J connectivity index is 1.87. The number of anilines is 1. The lowest BCUT2D eigenvalue weighted by molar-refractivity contribution is 0.00688. The average Bonchev–Trinajstić information content (AvgIpc) is 2.86. The number of carbonyl (C=O) groups excluding carboxylic acids is 2. The van der Waals surface area contributed by atoms with E-state index in [0.29, 0.717) is 35.1 Å². The molecular formula is C25H42ClN5O4. The van der Waals surface area contributed by atoms with Gasteiger partial charge in [0.2, 0.25) is 0 Å². The lowest BCUT2D eigenvalue weighted by atomic mass is 10.0. The Hall–Kier alpha value is -2.23. The molecule has 1 aromatic carbocycles. The van der Waals surface area contributed by atoms with Crippen LogP contribution in [-0.2, 0) is 4.74 Å². The third-order valence-electron chi connectivity index (χ3n) is 6.38. The standard InChI is InChI=1S/C25H42ClN5O4/c1-5-7-11-31(12-8-6-2)25(33)28-10-14-30-13-9-21(23(17-30)35-4)29-24(32)18-15-19(26)20(27)16-22(18)34-3/h15-16,21,23H,5-14,17,27H2,1-4H3,(H,28,33)(H,29,32)/t21-,23+/m1/s1. The molecule has 0 spiro atoms. The molecule has 0 aromatic heterocycles. The summed E-state index contributed by atoms with van der Waals surface area (Å²) in [5.74, 6) is 0.0919. The summed E-state index contributed by atoms with van der Waals surface area (Å²) >= 11 is 6.12. The minimum absolute atomic E-state index is 0.00782. The summed E-state index contributed by atoms with van der Waals surface area (Å²) in [6, 6.07) is 2.93. The number of nitrogens with zero attached hydrogens (tertiary/aromatic N) is 2. The molecule has 1 heterocycles. The van der Waals surface area contributed by atoms with Crippen LogP contribution in [0.1, 0.15) is 56.3 Å². The van der Waals surface area contributed by atoms with E-state index in [0.717, 1.165) is 58.3 Å². The minimum atomic E-state index is -0.282. The van der Waals surface area contributed by atoms with Crippen LogP contribution in [0.3, 0.4) is 0 Å². The summed E-state index contributed by atoms with van der Waals surface area (Å²) in [7, 11) is 3.14. The van der Waals surface area contributed by atoms with Gasteiger partial charge in [0.1, 0.15) is 5.75 Å². The van der Waals surface area contributed by atoms with Gasteiger partial charge in [0.25, 0.3) is 5.91 Å². The van der Waals surface area contributed by atoms with Crippen LogP contribution in [0, 0.1) is 0 Å². The van der Waals surface area contributed by atoms with Gasteiger partial charge in [0, 0.05) is 52.4 Å². The maximum Gasteiger partial charge on any atom is 0.317 e. The van der Waals surface area contributed by atoms with Crippen LogP contribution in [0.2, 0.25) is 5.02 Å². The predicted octanol–water partition coefficient (Wildman–Crippen LogP) is 3.36. The number of unbranched alkanes of at least 4 members (excludes halogenated alkanes) is 2. The van der Waals surface area contributed by atoms with Crippen molar-refractivity contribution in [1.29, 1.82) is 0 Å². The van der Waals surface area contributed by atoms with Crippen molar-refractivity contribution in [3.05, 3.63) is 22.7 Å². The number of hydrogen-bond acceptors (Lipinski definition) is 6. The smallest absolute Gasteiger partial charge is 0.317 e. The van der Waals surface area contributed by atoms with Crippen LogP contribution < -0.4 is 21.1 Å². The highest BCUT2D eigenvalue weighted by molar-refractivity contribution is 6.33. The normalized spacial score (nSPS) is 18.2. The Kier molecular flexibility index (Phi) is 12.4. The second-order valence-electron chi connectivity index (χ2n) is 8.94. The number of likely N-dealkylation sites (tertiary alicyclic amines) is 1. The van der Waals surface area contributed by atoms with E-state index >= 15 is 0 Å². The van der Waals surface area contributed by atoms with Crippen molar-refractivity contribution in [1.82, 2.24) is 20.4 Å². The molecule has 4 N–H and O–H groups in total. The van der Waals surface area contributed by atoms with E-state index in [9.17, 15) is 9.59 Å². The van der Waals surface area contributed by atoms with Crippen molar-refractivity contribution in [2.75, 3.05) is 59.2 Å². The first-order valence-electron chi connectivity index (χ1n) is 12.6. The molecule has 1 aliphatic heterocycles. The fraction of sp³-hybridized carbons (Fsp3) is 0.680. The molecule has 2 rings (SSSR count). The second-order valence-corrected chi connectivity index (χ2v) is 9.35. The molecule has 3 amide bonds. The zero-order valence-corrected chi connectivity index (χ0v) is 22.3. The maximum atomic E-state index is 12.9. The molecule has 1 aromatic rings. The van der Waals surface area contributed by atoms with Crippen LogP contribution in [0.15, 0.2) is 12.1 Å². The van der Waals surface area contributed by atoms with E-state index in [-0.39, 0.29) is 24.1 Å². The number of nitrogen functional groups attached to an aromatic ring is 1. The van der Waals surface area contributed by atoms with E-state index in [2.05, 4.69) is 29.4 Å². The Morgan fingerprint density at radius 3 is 2.49 bits per heavy atom. The van der Waals surface area contributed by atoms with Gasteiger partial charge in [-0.15, -0.1) is 0 Å². The Morgan fingerprint density at radius 1 is 1.20 bits per heavy atom. The van der Waals surface area contributed by atoms with Crippen LogP contribution in [0.5, 0.6) is 5.75 Å². The number of hydrogen-bond donors (Lipinski definition) is 3. The molecular weight excluding hydrogens is 470 g/mol. The van der Waals surface area contributed by atoms with Gasteiger partial charge in [-0.2, -0.15) is 0 Å². The Morgan fingerprint density at radius 2 is 1.89 bits per heavy atom. The maximum absolute atomic E-state index is 12.9. The van der Waals surface area contributed by atoms with Gasteiger partial charge in [0.15, 0.2) is 0 Å². The van der Waals surface area contributed by atoms with Crippen LogP contribution >= 0.6 is 11.6 Å². The van der Waals surface area contributed by atoms with Crippen molar-refractivity contribution < 1.29 is 19.1 Å². The summed E-state index contributed by atoms with van der Waals surface area (Å²) < 4.78 is 11.0. The predicted molar refractivity (Wildman–Crippen MR) is 140 cm³/mol. The van der Waals surface area contributed by atoms with E-state index in [1.54, 1.807) is 13.2 Å². The largest absolute Gasteiger partial charge is 0.496 e. The van der Waals surface area contributed by atoms with Gasteiger partial charge in [0.05, 0.1) is 35.5 Å². The van der Waals surface area contributed by atoms with Gasteiger partial charge in [-0.25, -0.2) is 4.79 Å². The van der Waals surface area contributed by atoms with E-state index in [1.807, 2.05) is 4.90 Å². The Labute approximate surface area is 214 Å². The fourth-order valence-electron chi connectivity index (χ4n) is 4.19. The van der Waals surface area contributed by atoms with Crippen molar-refractivity contribution >= 4 is 29.2 Å². The second kappa shape index (κ2) is 15.0. The number of nitrogens with two attached hydrogens (primary N) is 1. The molecule has 0 bridgehead atoms. The molecule has 0 unspecified atom stereocenters. The summed E-state index contributed by atoms with van der Waals surface area (Å²) in [4.78, 5) is 29.7. The first-order valence-corrected chi connectivity index (χ1v) is 12.9. The average molecular weight is 512 g/mol. The van der Waals surface area contributed by atoms with E-state index in [1.165, 1.54) is 13.2 Å². The highest BCUT2D eigenvalue weighted by Crippen LogP contribution is 2.29. The van der Waals surface area contributed by atoms with Gasteiger partial charge >= 0.3 is 6.03 Å². The van der Waals surface area contributed by atoms with E-state index < -0.39 is 0 Å². The van der Waals surface area contributed by atoms with Crippen molar-refractivity contribution in [3.8, 4) is 5.75 Å². The number of ether oxygens (including phenoxy) is 2. The number of urea groups is 1. The molecule has 198 valence electrons. The van der Waals surface area contributed by atoms with Crippen molar-refractivity contribution in [3.63, 3.8) is 0 Å². The summed E-state index contributed by atoms with van der Waals surface area (Å²) in [5, 5.41) is 6.43. The first kappa shape index (κ1) is 29.0. The molecule has 9 nitrogen and oxygen atoms in total. The number of amides is 3. The quantitative estimate of drug-likeness (QED) is 0.350. The number of halogens is 1. The van der Waals surface area contributed by atoms with Gasteiger partial charge < -0.3 is 30.7 Å². The highest BCUT2D eigenvalue weighted by atomic mass is 35.5. The van der Waals surface area contributed by atoms with Crippen molar-refractivity contribution in [2.45, 2.75) is 58.1 Å². The van der Waals surface area contributed by atoms with Crippen LogP contribution in [0.4, 0.5) is 10.5 Å². The molecule has 10 heteroatoms. The van der Waals surface area contributed by atoms with Crippen LogP contribution in [0.25, 0.3) is 0 Å². The molecule has 0 aliphatic carbocycles. The molecule has 0 radical (unpaired) electrons. The number of benzene rings is 1. The minimum Gasteiger partial charge on any atom is -0.496 e. The number of nitrogens with one attached hydrogen (secondary N) is 2. The zero-order valence-electron chi connectivity index (χ0n) is 21.6. The number of methoxy groups -OCH3 is 2. The fourth-order valence-corrected chi connectivity index (χ4v) is 4.36. The molecule has 1 aliphatic rings. The monoisotopic (exact) mass is 511 g/mol. The van der Waals surface area contributed by atoms with Gasteiger partial charge in [-0.05, 0) is 25.3 Å².